The van der Waals surface area contributed by atoms with E-state index in [1.165, 1.54) is 17.0 Å². The highest BCUT2D eigenvalue weighted by atomic mass is 19.1. The SMILES string of the molecule is CN(Cc1ccc(F)cc1)C(=O)[C@@H](NC(=O)c1ccc2nc(NC(=O)c3ccccc3-c3ccc(C(C)(C)CO)cc3)ccc2c1)c1ccccc1. The second-order valence-electron chi connectivity index (χ2n) is 13.4. The third-order valence-electron chi connectivity index (χ3n) is 9.10. The Labute approximate surface area is 302 Å². The summed E-state index contributed by atoms with van der Waals surface area (Å²) in [7, 11) is 1.64. The van der Waals surface area contributed by atoms with E-state index in [-0.39, 0.29) is 36.2 Å². The van der Waals surface area contributed by atoms with Gasteiger partial charge in [-0.2, -0.15) is 0 Å². The second kappa shape index (κ2) is 15.4. The largest absolute Gasteiger partial charge is 0.395 e. The fraction of sp³-hybridized carbons (Fsp3) is 0.163. The van der Waals surface area contributed by atoms with Gasteiger partial charge in [0, 0.05) is 35.5 Å². The number of pyridine rings is 1. The predicted molar refractivity (Wildman–Crippen MR) is 201 cm³/mol. The Morgan fingerprint density at radius 3 is 2.21 bits per heavy atom. The van der Waals surface area contributed by atoms with Gasteiger partial charge in [-0.25, -0.2) is 9.37 Å². The van der Waals surface area contributed by atoms with Crippen LogP contribution in [-0.2, 0) is 16.8 Å². The fourth-order valence-corrected chi connectivity index (χ4v) is 5.95. The topological polar surface area (TPSA) is 112 Å². The fourth-order valence-electron chi connectivity index (χ4n) is 5.95. The molecule has 8 nitrogen and oxygen atoms in total. The number of rotatable bonds is 11. The zero-order chi connectivity index (χ0) is 36.8. The number of hydrogen-bond acceptors (Lipinski definition) is 5. The van der Waals surface area contributed by atoms with Crippen molar-refractivity contribution in [1.82, 2.24) is 15.2 Å². The van der Waals surface area contributed by atoms with Crippen molar-refractivity contribution in [2.24, 2.45) is 0 Å². The Morgan fingerprint density at radius 2 is 1.50 bits per heavy atom. The molecule has 1 heterocycles. The van der Waals surface area contributed by atoms with Crippen molar-refractivity contribution < 1.29 is 23.9 Å². The van der Waals surface area contributed by atoms with Gasteiger partial charge in [0.25, 0.3) is 11.8 Å². The molecule has 0 aliphatic heterocycles. The van der Waals surface area contributed by atoms with Gasteiger partial charge in [-0.3, -0.25) is 14.4 Å². The molecule has 262 valence electrons. The number of amides is 3. The zero-order valence-electron chi connectivity index (χ0n) is 29.1. The van der Waals surface area contributed by atoms with Gasteiger partial charge < -0.3 is 20.6 Å². The summed E-state index contributed by atoms with van der Waals surface area (Å²) < 4.78 is 13.4. The van der Waals surface area contributed by atoms with Crippen LogP contribution in [0.1, 0.15) is 57.3 Å². The quantitative estimate of drug-likeness (QED) is 0.129. The van der Waals surface area contributed by atoms with E-state index in [0.717, 1.165) is 22.3 Å². The summed E-state index contributed by atoms with van der Waals surface area (Å²) in [5, 5.41) is 16.2. The van der Waals surface area contributed by atoms with E-state index in [4.69, 9.17) is 0 Å². The minimum atomic E-state index is -0.959. The molecule has 6 rings (SSSR count). The first-order valence-electron chi connectivity index (χ1n) is 16.9. The van der Waals surface area contributed by atoms with Gasteiger partial charge in [0.05, 0.1) is 12.1 Å². The average molecular weight is 695 g/mol. The predicted octanol–water partition coefficient (Wildman–Crippen LogP) is 7.69. The molecular formula is C43H39FN4O4. The van der Waals surface area contributed by atoms with Crippen LogP contribution in [0.4, 0.5) is 10.2 Å². The van der Waals surface area contributed by atoms with Crippen LogP contribution in [0.25, 0.3) is 22.0 Å². The summed E-state index contributed by atoms with van der Waals surface area (Å²) in [6.07, 6.45) is 0. The number of halogens is 1. The van der Waals surface area contributed by atoms with Gasteiger partial charge in [-0.15, -0.1) is 0 Å². The molecule has 1 aromatic heterocycles. The van der Waals surface area contributed by atoms with Gasteiger partial charge in [0.2, 0.25) is 5.91 Å². The van der Waals surface area contributed by atoms with Crippen LogP contribution >= 0.6 is 0 Å². The number of nitrogens with zero attached hydrogens (tertiary/aromatic N) is 2. The number of hydrogen-bond donors (Lipinski definition) is 3. The Morgan fingerprint density at radius 1 is 0.808 bits per heavy atom. The van der Waals surface area contributed by atoms with E-state index in [1.54, 1.807) is 79.8 Å². The van der Waals surface area contributed by atoms with Gasteiger partial charge in [0.15, 0.2) is 0 Å². The summed E-state index contributed by atoms with van der Waals surface area (Å²) in [5.74, 6) is -1.10. The molecular weight excluding hydrogens is 655 g/mol. The van der Waals surface area contributed by atoms with E-state index in [9.17, 15) is 23.9 Å². The Hall–Kier alpha value is -6.19. The van der Waals surface area contributed by atoms with Crippen LogP contribution < -0.4 is 10.6 Å². The molecule has 0 saturated carbocycles. The summed E-state index contributed by atoms with van der Waals surface area (Å²) in [4.78, 5) is 46.9. The number of carbonyl (C=O) groups excluding carboxylic acids is 3. The number of aliphatic hydroxyl groups excluding tert-OH is 1. The number of likely N-dealkylation sites (N-methyl/N-ethyl adjacent to an activating group) is 1. The number of carbonyl (C=O) groups is 3. The molecule has 1 atom stereocenters. The lowest BCUT2D eigenvalue weighted by molar-refractivity contribution is -0.132. The highest BCUT2D eigenvalue weighted by Crippen LogP contribution is 2.29. The second-order valence-corrected chi connectivity index (χ2v) is 13.4. The summed E-state index contributed by atoms with van der Waals surface area (Å²) in [6.45, 7) is 4.20. The number of anilines is 1. The van der Waals surface area contributed by atoms with Crippen molar-refractivity contribution in [2.45, 2.75) is 31.8 Å². The Bertz CT molecular complexity index is 2220. The van der Waals surface area contributed by atoms with Gasteiger partial charge >= 0.3 is 0 Å². The van der Waals surface area contributed by atoms with E-state index < -0.39 is 11.9 Å². The molecule has 5 aromatic carbocycles. The molecule has 52 heavy (non-hydrogen) atoms. The maximum absolute atomic E-state index is 13.7. The van der Waals surface area contributed by atoms with Crippen LogP contribution in [0.5, 0.6) is 0 Å². The first-order chi connectivity index (χ1) is 25.0. The smallest absolute Gasteiger partial charge is 0.257 e. The van der Waals surface area contributed by atoms with E-state index >= 15 is 0 Å². The van der Waals surface area contributed by atoms with Crippen molar-refractivity contribution in [3.63, 3.8) is 0 Å². The standard InChI is InChI=1S/C43H39FN4O4/c1-43(2,27-49)33-19-15-29(16-20-33)35-11-7-8-12-36(35)41(51)46-38-24-18-31-25-32(17-23-37(31)45-38)40(50)47-39(30-9-5-4-6-10-30)42(52)48(3)26-28-13-21-34(44)22-14-28/h4-25,39,49H,26-27H2,1-3H3,(H,47,50)(H,45,46,51)/t39-/m0/s1. The van der Waals surface area contributed by atoms with Crippen LogP contribution in [-0.4, -0.2) is 46.4 Å². The van der Waals surface area contributed by atoms with Crippen LogP contribution in [0, 0.1) is 5.82 Å². The summed E-state index contributed by atoms with van der Waals surface area (Å²) in [5.41, 5.74) is 5.02. The summed E-state index contributed by atoms with van der Waals surface area (Å²) >= 11 is 0. The molecule has 0 aliphatic rings. The highest BCUT2D eigenvalue weighted by molar-refractivity contribution is 6.09. The molecule has 9 heteroatoms. The van der Waals surface area contributed by atoms with Crippen molar-refractivity contribution in [2.75, 3.05) is 19.0 Å². The van der Waals surface area contributed by atoms with Crippen molar-refractivity contribution in [3.8, 4) is 11.1 Å². The molecule has 0 fully saturated rings. The lowest BCUT2D eigenvalue weighted by atomic mass is 9.84. The molecule has 0 radical (unpaired) electrons. The number of aliphatic hydroxyl groups is 1. The molecule has 3 N–H and O–H groups in total. The first-order valence-corrected chi connectivity index (χ1v) is 16.9. The minimum Gasteiger partial charge on any atom is -0.395 e. The lowest BCUT2D eigenvalue weighted by Crippen LogP contribution is -2.41. The van der Waals surface area contributed by atoms with Crippen LogP contribution in [0.15, 0.2) is 133 Å². The van der Waals surface area contributed by atoms with E-state index in [2.05, 4.69) is 15.6 Å². The average Bonchev–Trinajstić information content (AvgIpc) is 3.17. The van der Waals surface area contributed by atoms with Crippen LogP contribution in [0.3, 0.4) is 0 Å². The van der Waals surface area contributed by atoms with Crippen LogP contribution in [0.2, 0.25) is 0 Å². The Balaban J connectivity index is 1.17. The number of benzene rings is 5. The normalized spacial score (nSPS) is 11.9. The molecule has 0 saturated heterocycles. The highest BCUT2D eigenvalue weighted by Gasteiger charge is 2.27. The zero-order valence-corrected chi connectivity index (χ0v) is 29.1. The maximum Gasteiger partial charge on any atom is 0.257 e. The first kappa shape index (κ1) is 35.6. The van der Waals surface area contributed by atoms with Crippen molar-refractivity contribution in [3.05, 3.63) is 167 Å². The third-order valence-corrected chi connectivity index (χ3v) is 9.10. The molecule has 0 aliphatic carbocycles. The maximum atomic E-state index is 13.7. The molecule has 0 bridgehead atoms. The number of aromatic nitrogens is 1. The van der Waals surface area contributed by atoms with Gasteiger partial charge in [-0.1, -0.05) is 98.8 Å². The number of fused-ring (bicyclic) bond motifs is 1. The van der Waals surface area contributed by atoms with E-state index in [1.807, 2.05) is 62.4 Å². The van der Waals surface area contributed by atoms with Crippen molar-refractivity contribution >= 4 is 34.4 Å². The Kier molecular flexibility index (Phi) is 10.5. The summed E-state index contributed by atoms with van der Waals surface area (Å²) in [6, 6.07) is 37.6. The molecule has 0 spiro atoms. The lowest BCUT2D eigenvalue weighted by Gasteiger charge is -2.25. The van der Waals surface area contributed by atoms with E-state index in [0.29, 0.717) is 33.4 Å². The molecule has 0 unspecified atom stereocenters. The molecule has 6 aromatic rings. The third kappa shape index (κ3) is 8.06. The van der Waals surface area contributed by atoms with Gasteiger partial charge in [0.1, 0.15) is 17.7 Å². The minimum absolute atomic E-state index is 0.0211. The van der Waals surface area contributed by atoms with Crippen molar-refractivity contribution in [1.29, 1.82) is 0 Å². The number of nitrogens with one attached hydrogen (secondary N) is 2. The molecule has 3 amide bonds. The van der Waals surface area contributed by atoms with Gasteiger partial charge in [-0.05, 0) is 76.3 Å². The monoisotopic (exact) mass is 694 g/mol.